The van der Waals surface area contributed by atoms with Crippen LogP contribution >= 0.6 is 0 Å². The maximum Gasteiger partial charge on any atom is 0.250 e. The van der Waals surface area contributed by atoms with Crippen molar-refractivity contribution in [1.29, 1.82) is 0 Å². The molecule has 7 heteroatoms. The number of hydrogen-bond acceptors (Lipinski definition) is 3. The molecule has 0 saturated carbocycles. The Morgan fingerprint density at radius 1 is 1.31 bits per heavy atom. The van der Waals surface area contributed by atoms with Crippen LogP contribution in [0.1, 0.15) is 28.3 Å². The molecule has 2 atom stereocenters. The van der Waals surface area contributed by atoms with E-state index in [1.165, 1.54) is 10.7 Å². The number of halogens is 2. The largest absolute Gasteiger partial charge is 0.366 e. The second-order valence-electron chi connectivity index (χ2n) is 6.51. The van der Waals surface area contributed by atoms with Crippen molar-refractivity contribution in [2.45, 2.75) is 18.5 Å². The monoisotopic (exact) mass is 356 g/mol. The average molecular weight is 356 g/mol. The van der Waals surface area contributed by atoms with Crippen LogP contribution in [0.25, 0.3) is 16.6 Å². The van der Waals surface area contributed by atoms with Gasteiger partial charge in [0.25, 0.3) is 5.91 Å². The quantitative estimate of drug-likeness (QED) is 0.758. The van der Waals surface area contributed by atoms with E-state index in [-0.39, 0.29) is 17.2 Å². The molecule has 3 N–H and O–H groups in total. The van der Waals surface area contributed by atoms with Gasteiger partial charge in [0.1, 0.15) is 23.2 Å². The van der Waals surface area contributed by atoms with E-state index in [1.807, 2.05) is 0 Å². The van der Waals surface area contributed by atoms with Crippen LogP contribution < -0.4 is 11.1 Å². The minimum atomic E-state index is -0.980. The summed E-state index contributed by atoms with van der Waals surface area (Å²) in [6, 6.07) is 9.73. The minimum absolute atomic E-state index is 0.236. The Balaban J connectivity index is 1.73. The number of nitrogens with one attached hydrogen (secondary N) is 1. The van der Waals surface area contributed by atoms with Gasteiger partial charge in [0, 0.05) is 24.0 Å². The van der Waals surface area contributed by atoms with Crippen LogP contribution in [0.15, 0.2) is 42.6 Å². The number of alkyl halides is 1. The highest BCUT2D eigenvalue weighted by molar-refractivity contribution is 6.04. The number of rotatable bonds is 3. The van der Waals surface area contributed by atoms with Crippen molar-refractivity contribution >= 4 is 16.8 Å². The molecule has 0 unspecified atom stereocenters. The topological polar surface area (TPSA) is 72.9 Å². The van der Waals surface area contributed by atoms with Crippen LogP contribution in [0, 0.1) is 5.82 Å². The van der Waals surface area contributed by atoms with Crippen molar-refractivity contribution in [2.75, 3.05) is 13.1 Å². The van der Waals surface area contributed by atoms with Crippen molar-refractivity contribution in [3.8, 4) is 5.69 Å². The van der Waals surface area contributed by atoms with E-state index < -0.39 is 17.9 Å². The first-order chi connectivity index (χ1) is 12.5. The van der Waals surface area contributed by atoms with Crippen LogP contribution in [0.4, 0.5) is 8.78 Å². The van der Waals surface area contributed by atoms with E-state index in [0.717, 1.165) is 0 Å². The van der Waals surface area contributed by atoms with Crippen molar-refractivity contribution in [3.63, 3.8) is 0 Å². The van der Waals surface area contributed by atoms with Gasteiger partial charge >= 0.3 is 0 Å². The lowest BCUT2D eigenvalue weighted by Gasteiger charge is -2.27. The Labute approximate surface area is 148 Å². The maximum absolute atomic E-state index is 14.7. The van der Waals surface area contributed by atoms with Crippen molar-refractivity contribution in [2.24, 2.45) is 5.73 Å². The first-order valence-corrected chi connectivity index (χ1v) is 8.47. The van der Waals surface area contributed by atoms with Gasteiger partial charge in [-0.15, -0.1) is 0 Å². The van der Waals surface area contributed by atoms with Gasteiger partial charge in [-0.3, -0.25) is 4.79 Å². The second-order valence-corrected chi connectivity index (χ2v) is 6.51. The Hall–Kier alpha value is -2.80. The SMILES string of the molecule is NC(=O)c1cccc2cn(-c3ccc([C@H]4CNCC[C@H]4F)cc3F)nc12. The van der Waals surface area contributed by atoms with E-state index in [2.05, 4.69) is 10.4 Å². The first-order valence-electron chi connectivity index (χ1n) is 8.47. The summed E-state index contributed by atoms with van der Waals surface area (Å²) in [6.07, 6.45) is 1.08. The summed E-state index contributed by atoms with van der Waals surface area (Å²) in [5.74, 6) is -1.44. The lowest BCUT2D eigenvalue weighted by Crippen LogP contribution is -2.36. The first kappa shape index (κ1) is 16.7. The number of piperidine rings is 1. The highest BCUT2D eigenvalue weighted by Crippen LogP contribution is 2.29. The molecule has 0 aliphatic carbocycles. The lowest BCUT2D eigenvalue weighted by atomic mass is 9.90. The molecule has 0 spiro atoms. The molecule has 1 fully saturated rings. The zero-order valence-corrected chi connectivity index (χ0v) is 14.0. The van der Waals surface area contributed by atoms with Gasteiger partial charge in [-0.05, 0) is 36.7 Å². The summed E-state index contributed by atoms with van der Waals surface area (Å²) >= 11 is 0. The minimum Gasteiger partial charge on any atom is -0.366 e. The van der Waals surface area contributed by atoms with Crippen molar-refractivity contribution in [3.05, 3.63) is 59.5 Å². The number of fused-ring (bicyclic) bond motifs is 1. The third kappa shape index (κ3) is 2.84. The van der Waals surface area contributed by atoms with Gasteiger partial charge in [-0.25, -0.2) is 13.5 Å². The normalized spacial score (nSPS) is 20.4. The molecule has 3 aromatic rings. The molecule has 1 saturated heterocycles. The highest BCUT2D eigenvalue weighted by Gasteiger charge is 2.26. The maximum atomic E-state index is 14.7. The van der Waals surface area contributed by atoms with E-state index in [1.54, 1.807) is 36.5 Å². The zero-order valence-electron chi connectivity index (χ0n) is 14.0. The van der Waals surface area contributed by atoms with Crippen LogP contribution in [0.2, 0.25) is 0 Å². The molecule has 0 radical (unpaired) electrons. The predicted molar refractivity (Wildman–Crippen MR) is 94.7 cm³/mol. The molecular weight excluding hydrogens is 338 g/mol. The summed E-state index contributed by atoms with van der Waals surface area (Å²) in [4.78, 5) is 11.5. The number of nitrogens with zero attached hydrogens (tertiary/aromatic N) is 2. The fourth-order valence-corrected chi connectivity index (χ4v) is 3.46. The Morgan fingerprint density at radius 3 is 2.88 bits per heavy atom. The summed E-state index contributed by atoms with van der Waals surface area (Å²) in [6.45, 7) is 1.13. The molecule has 4 rings (SSSR count). The molecule has 26 heavy (non-hydrogen) atoms. The van der Waals surface area contributed by atoms with Crippen molar-refractivity contribution in [1.82, 2.24) is 15.1 Å². The summed E-state index contributed by atoms with van der Waals surface area (Å²) in [5, 5.41) is 8.14. The summed E-state index contributed by atoms with van der Waals surface area (Å²) in [7, 11) is 0. The van der Waals surface area contributed by atoms with Gasteiger partial charge < -0.3 is 11.1 Å². The lowest BCUT2D eigenvalue weighted by molar-refractivity contribution is 0.100. The molecule has 1 amide bonds. The molecule has 134 valence electrons. The van der Waals surface area contributed by atoms with Crippen LogP contribution in [0.5, 0.6) is 0 Å². The number of primary amides is 1. The number of nitrogens with two attached hydrogens (primary N) is 1. The number of benzene rings is 2. The molecule has 2 heterocycles. The Kier molecular flexibility index (Phi) is 4.16. The summed E-state index contributed by atoms with van der Waals surface area (Å²) < 4.78 is 30.2. The van der Waals surface area contributed by atoms with Gasteiger partial charge in [0.15, 0.2) is 0 Å². The van der Waals surface area contributed by atoms with Gasteiger partial charge in [-0.2, -0.15) is 5.10 Å². The van der Waals surface area contributed by atoms with E-state index in [9.17, 15) is 13.6 Å². The molecule has 1 aliphatic rings. The summed E-state index contributed by atoms with van der Waals surface area (Å²) in [5.41, 5.74) is 6.93. The van der Waals surface area contributed by atoms with Gasteiger partial charge in [-0.1, -0.05) is 18.2 Å². The van der Waals surface area contributed by atoms with Crippen LogP contribution in [0.3, 0.4) is 0 Å². The number of carbonyl (C=O) groups excluding carboxylic acids is 1. The predicted octanol–water partition coefficient (Wildman–Crippen LogP) is 2.68. The molecule has 1 aromatic heterocycles. The van der Waals surface area contributed by atoms with Crippen molar-refractivity contribution < 1.29 is 13.6 Å². The van der Waals surface area contributed by atoms with Gasteiger partial charge in [0.05, 0.1) is 5.56 Å². The number of aromatic nitrogens is 2. The molecule has 0 bridgehead atoms. The fourth-order valence-electron chi connectivity index (χ4n) is 3.46. The fraction of sp³-hybridized carbons (Fsp3) is 0.263. The van der Waals surface area contributed by atoms with E-state index >= 15 is 0 Å². The number of hydrogen-bond donors (Lipinski definition) is 2. The Bertz CT molecular complexity index is 985. The number of carbonyl (C=O) groups is 1. The zero-order chi connectivity index (χ0) is 18.3. The molecule has 5 nitrogen and oxygen atoms in total. The third-order valence-corrected chi connectivity index (χ3v) is 4.85. The van der Waals surface area contributed by atoms with Gasteiger partial charge in [0.2, 0.25) is 0 Å². The smallest absolute Gasteiger partial charge is 0.250 e. The number of amides is 1. The molecule has 1 aliphatic heterocycles. The third-order valence-electron chi connectivity index (χ3n) is 4.85. The highest BCUT2D eigenvalue weighted by atomic mass is 19.1. The Morgan fingerprint density at radius 2 is 2.15 bits per heavy atom. The second kappa shape index (κ2) is 6.49. The molecule has 2 aromatic carbocycles. The van der Waals surface area contributed by atoms with Crippen LogP contribution in [-0.2, 0) is 0 Å². The average Bonchev–Trinajstić information content (AvgIpc) is 3.05. The van der Waals surface area contributed by atoms with E-state index in [0.29, 0.717) is 36.0 Å². The standard InChI is InChI=1S/C19H18F2N4O/c20-15-6-7-23-9-14(15)11-4-5-17(16(21)8-11)25-10-12-2-1-3-13(19(22)26)18(12)24-25/h1-5,8,10,14-15,23H,6-7,9H2,(H2,22,26)/t14-,15-/m1/s1. The van der Waals surface area contributed by atoms with Crippen LogP contribution in [-0.4, -0.2) is 34.9 Å². The molecular formula is C19H18F2N4O. The van der Waals surface area contributed by atoms with E-state index in [4.69, 9.17) is 5.73 Å².